The third kappa shape index (κ3) is 2.32. The molecule has 1 heterocycles. The zero-order chi connectivity index (χ0) is 9.52. The third-order valence-electron chi connectivity index (χ3n) is 1.93. The maximum absolute atomic E-state index is 7.12. The van der Waals surface area contributed by atoms with E-state index in [1.807, 2.05) is 4.68 Å². The second kappa shape index (κ2) is 4.91. The van der Waals surface area contributed by atoms with E-state index < -0.39 is 0 Å². The number of unbranched alkanes of at least 4 members (excludes halogenated alkanes) is 2. The van der Waals surface area contributed by atoms with Gasteiger partial charge in [0.25, 0.3) is 0 Å². The topological polar surface area (TPSA) is 30.7 Å². The molecule has 0 spiro atoms. The summed E-state index contributed by atoms with van der Waals surface area (Å²) in [4.78, 5) is 0. The van der Waals surface area contributed by atoms with E-state index in [-0.39, 0.29) is 0 Å². The monoisotopic (exact) mass is 169 g/mol. The lowest BCUT2D eigenvalue weighted by Gasteiger charge is -2.02. The van der Waals surface area contributed by atoms with E-state index in [1.165, 1.54) is 12.8 Å². The van der Waals surface area contributed by atoms with Crippen LogP contribution in [0.15, 0.2) is 6.20 Å². The summed E-state index contributed by atoms with van der Waals surface area (Å²) in [6.07, 6.45) is 6.15. The number of aryl methyl sites for hydroxylation is 2. The largest absolute Gasteiger partial charge is 0.249 e. The molecule has 0 aliphatic rings. The molecule has 3 heteroatoms. The molecule has 3 nitrogen and oxygen atoms in total. The minimum absolute atomic E-state index is 0.418. The van der Waals surface area contributed by atoms with Gasteiger partial charge in [0.1, 0.15) is 0 Å². The van der Waals surface area contributed by atoms with E-state index in [0.717, 1.165) is 25.1 Å². The smallest absolute Gasteiger partial charge is 0.0725 e. The Labute approximate surface area is 75.2 Å². The number of rotatable bonds is 5. The van der Waals surface area contributed by atoms with E-state index in [0.29, 0.717) is 6.90 Å². The van der Waals surface area contributed by atoms with Crippen LogP contribution < -0.4 is 0 Å². The highest BCUT2D eigenvalue weighted by Crippen LogP contribution is 2.01. The third-order valence-corrected chi connectivity index (χ3v) is 1.93. The maximum Gasteiger partial charge on any atom is 0.0725 e. The molecule has 1 rings (SSSR count). The summed E-state index contributed by atoms with van der Waals surface area (Å²) in [5, 5.41) is 7.84. The molecule has 0 atom stereocenters. The summed E-state index contributed by atoms with van der Waals surface area (Å²) in [6.45, 7) is 3.55. The van der Waals surface area contributed by atoms with Gasteiger partial charge < -0.3 is 0 Å². The van der Waals surface area contributed by atoms with Gasteiger partial charge in [-0.1, -0.05) is 31.9 Å². The Kier molecular flexibility index (Phi) is 3.18. The lowest BCUT2D eigenvalue weighted by molar-refractivity contribution is 0.521. The molecule has 0 aliphatic heterocycles. The van der Waals surface area contributed by atoms with Crippen LogP contribution in [0.4, 0.5) is 0 Å². The van der Waals surface area contributed by atoms with E-state index in [1.54, 1.807) is 6.20 Å². The average molecular weight is 169 g/mol. The lowest BCUT2D eigenvalue weighted by atomic mass is 10.2. The van der Waals surface area contributed by atoms with Crippen molar-refractivity contribution in [2.24, 2.45) is 0 Å². The Hall–Kier alpha value is -0.860. The van der Waals surface area contributed by atoms with Crippen molar-refractivity contribution >= 4 is 0 Å². The molecule has 0 bridgehead atoms. The van der Waals surface area contributed by atoms with Crippen LogP contribution >= 0.6 is 0 Å². The van der Waals surface area contributed by atoms with Gasteiger partial charge in [0.05, 0.1) is 11.9 Å². The van der Waals surface area contributed by atoms with Gasteiger partial charge >= 0.3 is 0 Å². The summed E-state index contributed by atoms with van der Waals surface area (Å²) in [5.41, 5.74) is 1.09. The normalized spacial score (nSPS) is 11.6. The van der Waals surface area contributed by atoms with Gasteiger partial charge in [0.2, 0.25) is 0 Å². The number of aromatic nitrogens is 3. The molecular weight excluding hydrogens is 150 g/mol. The summed E-state index contributed by atoms with van der Waals surface area (Å²) >= 11 is 0. The van der Waals surface area contributed by atoms with Crippen molar-refractivity contribution < 1.29 is 1.37 Å². The fraction of sp³-hybridized carbons (Fsp3) is 0.778. The molecule has 0 N–H and O–H groups in total. The van der Waals surface area contributed by atoms with Crippen LogP contribution in [0.1, 0.15) is 40.2 Å². The van der Waals surface area contributed by atoms with Gasteiger partial charge in [-0.15, -0.1) is 5.10 Å². The lowest BCUT2D eigenvalue weighted by Crippen LogP contribution is -2.04. The molecule has 68 valence electrons. The van der Waals surface area contributed by atoms with Crippen LogP contribution in [-0.2, 0) is 13.0 Å². The van der Waals surface area contributed by atoms with Crippen LogP contribution in [0.3, 0.4) is 0 Å². The van der Waals surface area contributed by atoms with Crippen molar-refractivity contribution in [3.63, 3.8) is 0 Å². The van der Waals surface area contributed by atoms with Gasteiger partial charge in [-0.3, -0.25) is 0 Å². The van der Waals surface area contributed by atoms with E-state index in [9.17, 15) is 0 Å². The minimum atomic E-state index is 0.418. The minimum Gasteiger partial charge on any atom is -0.249 e. The molecule has 0 amide bonds. The molecule has 0 unspecified atom stereocenters. The number of hydrogen-bond acceptors (Lipinski definition) is 2. The summed E-state index contributed by atoms with van der Waals surface area (Å²) in [5.74, 6) is 0. The Bertz CT molecular complexity index is 235. The molecule has 0 saturated heterocycles. The van der Waals surface area contributed by atoms with E-state index >= 15 is 0 Å². The fourth-order valence-corrected chi connectivity index (χ4v) is 1.17. The van der Waals surface area contributed by atoms with Crippen LogP contribution in [0.2, 0.25) is 0 Å². The summed E-state index contributed by atoms with van der Waals surface area (Å²) < 4.78 is 9.04. The first kappa shape index (κ1) is 7.77. The second-order valence-corrected chi connectivity index (χ2v) is 2.91. The van der Waals surface area contributed by atoms with Crippen LogP contribution in [0, 0.1) is 0 Å². The predicted molar refractivity (Wildman–Crippen MR) is 48.9 cm³/mol. The Balaban J connectivity index is 2.40. The van der Waals surface area contributed by atoms with Gasteiger partial charge in [-0.05, 0) is 12.8 Å². The molecular formula is C9H17N3. The molecule has 1 aromatic rings. The van der Waals surface area contributed by atoms with Crippen molar-refractivity contribution in [3.05, 3.63) is 11.9 Å². The molecule has 0 fully saturated rings. The van der Waals surface area contributed by atoms with Crippen molar-refractivity contribution in [2.45, 2.75) is 46.1 Å². The van der Waals surface area contributed by atoms with Gasteiger partial charge in [-0.2, -0.15) is 0 Å². The average Bonchev–Trinajstić information content (AvgIpc) is 2.54. The first-order valence-corrected chi connectivity index (χ1v) is 4.55. The fourth-order valence-electron chi connectivity index (χ4n) is 1.17. The Morgan fingerprint density at radius 2 is 2.50 bits per heavy atom. The van der Waals surface area contributed by atoms with Crippen LogP contribution in [0.5, 0.6) is 0 Å². The van der Waals surface area contributed by atoms with Crippen LogP contribution in [0.25, 0.3) is 0 Å². The van der Waals surface area contributed by atoms with Crippen molar-refractivity contribution in [2.75, 3.05) is 0 Å². The van der Waals surface area contributed by atoms with Gasteiger partial charge in [-0.25, -0.2) is 4.68 Å². The van der Waals surface area contributed by atoms with Crippen molar-refractivity contribution in [1.82, 2.24) is 15.0 Å². The number of hydrogen-bond donors (Lipinski definition) is 0. The molecule has 12 heavy (non-hydrogen) atoms. The second-order valence-electron chi connectivity index (χ2n) is 2.91. The Morgan fingerprint density at radius 1 is 1.58 bits per heavy atom. The quantitative estimate of drug-likeness (QED) is 0.631. The molecule has 0 aliphatic carbocycles. The van der Waals surface area contributed by atoms with Crippen molar-refractivity contribution in [3.8, 4) is 0 Å². The number of nitrogens with zero attached hydrogens (tertiary/aromatic N) is 3. The SMILES string of the molecule is [3H]CCc1cnnn1CCCCC. The zero-order valence-corrected chi connectivity index (χ0v) is 7.66. The molecule has 0 aromatic carbocycles. The maximum atomic E-state index is 7.12. The first-order chi connectivity index (χ1) is 6.38. The highest BCUT2D eigenvalue weighted by atomic mass is 15.4. The van der Waals surface area contributed by atoms with E-state index in [4.69, 9.17) is 1.37 Å². The predicted octanol–water partition coefficient (Wildman–Crippen LogP) is 2.03. The molecule has 0 radical (unpaired) electrons. The standard InChI is InChI=1S/C9H17N3/c1-3-5-6-7-12-9(4-2)8-10-11-12/h8H,3-7H2,1-2H3/i2T. The van der Waals surface area contributed by atoms with Crippen LogP contribution in [-0.4, -0.2) is 15.0 Å². The van der Waals surface area contributed by atoms with Gasteiger partial charge in [0.15, 0.2) is 0 Å². The zero-order valence-electron chi connectivity index (χ0n) is 8.66. The first-order valence-electron chi connectivity index (χ1n) is 5.25. The molecule has 0 saturated carbocycles. The van der Waals surface area contributed by atoms with Crippen molar-refractivity contribution in [1.29, 1.82) is 0 Å². The highest BCUT2D eigenvalue weighted by molar-refractivity contribution is 4.92. The van der Waals surface area contributed by atoms with E-state index in [2.05, 4.69) is 17.2 Å². The summed E-state index contributed by atoms with van der Waals surface area (Å²) in [6, 6.07) is 0. The van der Waals surface area contributed by atoms with Gasteiger partial charge in [0, 0.05) is 7.92 Å². The highest BCUT2D eigenvalue weighted by Gasteiger charge is 1.99. The summed E-state index contributed by atoms with van der Waals surface area (Å²) in [7, 11) is 0. The Morgan fingerprint density at radius 3 is 3.25 bits per heavy atom. The molecule has 1 aromatic heterocycles.